The number of hydrogen-bond acceptors (Lipinski definition) is 2. The standard InChI is InChI=1S/C12H15Cl2N3O2/c13-8-7-9(16-11(8)14)12(19)15-4-3-10(18)17-5-1-2-6-17/h7,16H,1-6H2,(H,15,19). The number of nitrogens with one attached hydrogen (secondary N) is 2. The Hall–Kier alpha value is -1.20. The molecule has 5 nitrogen and oxygen atoms in total. The SMILES string of the molecule is O=C(NCCC(=O)N1CCCC1)c1cc(Cl)c(Cl)[nH]1. The van der Waals surface area contributed by atoms with Crippen LogP contribution < -0.4 is 5.32 Å². The van der Waals surface area contributed by atoms with Gasteiger partial charge in [-0.2, -0.15) is 0 Å². The van der Waals surface area contributed by atoms with Gasteiger partial charge in [0.2, 0.25) is 5.91 Å². The second kappa shape index (κ2) is 6.30. The third-order valence-corrected chi connectivity index (χ3v) is 3.75. The first-order valence-corrected chi connectivity index (χ1v) is 6.93. The zero-order valence-corrected chi connectivity index (χ0v) is 11.9. The van der Waals surface area contributed by atoms with Gasteiger partial charge in [0.25, 0.3) is 5.91 Å². The summed E-state index contributed by atoms with van der Waals surface area (Å²) in [6.07, 6.45) is 2.45. The molecule has 0 spiro atoms. The highest BCUT2D eigenvalue weighted by atomic mass is 35.5. The van der Waals surface area contributed by atoms with Crippen molar-refractivity contribution in [1.29, 1.82) is 0 Å². The number of halogens is 2. The van der Waals surface area contributed by atoms with E-state index in [-0.39, 0.29) is 17.0 Å². The zero-order valence-electron chi connectivity index (χ0n) is 10.3. The van der Waals surface area contributed by atoms with Gasteiger partial charge in [-0.25, -0.2) is 0 Å². The van der Waals surface area contributed by atoms with Crippen molar-refractivity contribution in [2.45, 2.75) is 19.3 Å². The van der Waals surface area contributed by atoms with Crippen LogP contribution in [0, 0.1) is 0 Å². The van der Waals surface area contributed by atoms with Crippen LogP contribution >= 0.6 is 23.2 Å². The molecule has 1 fully saturated rings. The highest BCUT2D eigenvalue weighted by molar-refractivity contribution is 6.41. The maximum Gasteiger partial charge on any atom is 0.267 e. The monoisotopic (exact) mass is 303 g/mol. The fourth-order valence-corrected chi connectivity index (χ4v) is 2.34. The van der Waals surface area contributed by atoms with Crippen LogP contribution in [-0.2, 0) is 4.79 Å². The van der Waals surface area contributed by atoms with E-state index >= 15 is 0 Å². The number of carbonyl (C=O) groups excluding carboxylic acids is 2. The molecule has 0 atom stereocenters. The first-order chi connectivity index (χ1) is 9.08. The number of carbonyl (C=O) groups is 2. The molecule has 1 saturated heterocycles. The lowest BCUT2D eigenvalue weighted by Gasteiger charge is -2.14. The number of aromatic amines is 1. The van der Waals surface area contributed by atoms with E-state index in [2.05, 4.69) is 10.3 Å². The highest BCUT2D eigenvalue weighted by Crippen LogP contribution is 2.21. The lowest BCUT2D eigenvalue weighted by atomic mass is 10.3. The second-order valence-electron chi connectivity index (χ2n) is 4.44. The molecule has 1 aromatic heterocycles. The fraction of sp³-hybridized carbons (Fsp3) is 0.500. The van der Waals surface area contributed by atoms with Gasteiger partial charge in [0.05, 0.1) is 5.02 Å². The molecule has 0 unspecified atom stereocenters. The van der Waals surface area contributed by atoms with Crippen molar-refractivity contribution in [2.24, 2.45) is 0 Å². The van der Waals surface area contributed by atoms with Crippen LogP contribution in [0.1, 0.15) is 29.8 Å². The van der Waals surface area contributed by atoms with Crippen molar-refractivity contribution in [1.82, 2.24) is 15.2 Å². The fourth-order valence-electron chi connectivity index (χ4n) is 2.03. The minimum absolute atomic E-state index is 0.0837. The van der Waals surface area contributed by atoms with E-state index in [4.69, 9.17) is 23.2 Å². The van der Waals surface area contributed by atoms with E-state index in [0.29, 0.717) is 23.7 Å². The number of likely N-dealkylation sites (tertiary alicyclic amines) is 1. The number of H-pyrrole nitrogens is 1. The minimum atomic E-state index is -0.317. The Morgan fingerprint density at radius 2 is 2.00 bits per heavy atom. The molecule has 1 aromatic rings. The summed E-state index contributed by atoms with van der Waals surface area (Å²) in [6.45, 7) is 1.96. The predicted octanol–water partition coefficient (Wildman–Crippen LogP) is 2.06. The summed E-state index contributed by atoms with van der Waals surface area (Å²) in [5, 5.41) is 3.20. The van der Waals surface area contributed by atoms with Crippen molar-refractivity contribution in [3.63, 3.8) is 0 Å². The van der Waals surface area contributed by atoms with Gasteiger partial charge in [0, 0.05) is 26.1 Å². The summed E-state index contributed by atoms with van der Waals surface area (Å²) in [5.74, 6) is -0.233. The Morgan fingerprint density at radius 3 is 2.58 bits per heavy atom. The number of amides is 2. The molecule has 1 aliphatic rings. The van der Waals surface area contributed by atoms with Crippen molar-refractivity contribution in [3.05, 3.63) is 21.9 Å². The van der Waals surface area contributed by atoms with Crippen LogP contribution in [0.25, 0.3) is 0 Å². The minimum Gasteiger partial charge on any atom is -0.350 e. The van der Waals surface area contributed by atoms with Gasteiger partial charge in [-0.1, -0.05) is 23.2 Å². The molecule has 0 bridgehead atoms. The molecular formula is C12H15Cl2N3O2. The molecule has 0 saturated carbocycles. The smallest absolute Gasteiger partial charge is 0.267 e. The summed E-state index contributed by atoms with van der Waals surface area (Å²) in [5.41, 5.74) is 0.295. The number of rotatable bonds is 4. The van der Waals surface area contributed by atoms with Crippen molar-refractivity contribution in [2.75, 3.05) is 19.6 Å². The van der Waals surface area contributed by atoms with Gasteiger partial charge >= 0.3 is 0 Å². The second-order valence-corrected chi connectivity index (χ2v) is 5.22. The van der Waals surface area contributed by atoms with E-state index in [0.717, 1.165) is 25.9 Å². The molecule has 2 N–H and O–H groups in total. The molecule has 0 aromatic carbocycles. The van der Waals surface area contributed by atoms with Gasteiger partial charge in [-0.15, -0.1) is 0 Å². The van der Waals surface area contributed by atoms with E-state index in [9.17, 15) is 9.59 Å². The predicted molar refractivity (Wildman–Crippen MR) is 73.6 cm³/mol. The van der Waals surface area contributed by atoms with Crippen LogP contribution in [0.15, 0.2) is 6.07 Å². The molecule has 0 aliphatic carbocycles. The summed E-state index contributed by atoms with van der Waals surface area (Å²) >= 11 is 11.5. The molecular weight excluding hydrogens is 289 g/mol. The quantitative estimate of drug-likeness (QED) is 0.894. The van der Waals surface area contributed by atoms with Gasteiger partial charge in [-0.05, 0) is 18.9 Å². The Morgan fingerprint density at radius 1 is 1.32 bits per heavy atom. The molecule has 2 heterocycles. The van der Waals surface area contributed by atoms with E-state index < -0.39 is 0 Å². The number of hydrogen-bond donors (Lipinski definition) is 2. The topological polar surface area (TPSA) is 65.2 Å². The lowest BCUT2D eigenvalue weighted by molar-refractivity contribution is -0.129. The Labute approximate surface area is 121 Å². The summed E-state index contributed by atoms with van der Waals surface area (Å²) in [7, 11) is 0. The zero-order chi connectivity index (χ0) is 13.8. The molecule has 0 radical (unpaired) electrons. The average Bonchev–Trinajstić information content (AvgIpc) is 3.00. The highest BCUT2D eigenvalue weighted by Gasteiger charge is 2.18. The summed E-state index contributed by atoms with van der Waals surface area (Å²) in [4.78, 5) is 28.0. The van der Waals surface area contributed by atoms with Crippen molar-refractivity contribution >= 4 is 35.0 Å². The Bertz CT molecular complexity index is 462. The largest absolute Gasteiger partial charge is 0.350 e. The average molecular weight is 304 g/mol. The number of aromatic nitrogens is 1. The Kier molecular flexibility index (Phi) is 4.71. The third-order valence-electron chi connectivity index (χ3n) is 3.05. The first-order valence-electron chi connectivity index (χ1n) is 6.18. The van der Waals surface area contributed by atoms with Crippen molar-refractivity contribution in [3.8, 4) is 0 Å². The van der Waals surface area contributed by atoms with Gasteiger partial charge in [0.1, 0.15) is 10.8 Å². The number of nitrogens with zero attached hydrogens (tertiary/aromatic N) is 1. The molecule has 19 heavy (non-hydrogen) atoms. The van der Waals surface area contributed by atoms with Gasteiger partial charge in [0.15, 0.2) is 0 Å². The normalized spacial score (nSPS) is 14.7. The van der Waals surface area contributed by atoms with Crippen LogP contribution in [0.4, 0.5) is 0 Å². The van der Waals surface area contributed by atoms with E-state index in [1.54, 1.807) is 0 Å². The van der Waals surface area contributed by atoms with Crippen LogP contribution in [0.3, 0.4) is 0 Å². The van der Waals surface area contributed by atoms with Gasteiger partial charge in [-0.3, -0.25) is 9.59 Å². The lowest BCUT2D eigenvalue weighted by Crippen LogP contribution is -2.32. The molecule has 2 rings (SSSR count). The maximum atomic E-state index is 11.7. The van der Waals surface area contributed by atoms with Gasteiger partial charge < -0.3 is 15.2 Å². The molecule has 7 heteroatoms. The Balaban J connectivity index is 1.76. The molecule has 2 amide bonds. The third kappa shape index (κ3) is 3.64. The maximum absolute atomic E-state index is 11.7. The summed E-state index contributed by atoms with van der Waals surface area (Å²) < 4.78 is 0. The van der Waals surface area contributed by atoms with Crippen LogP contribution in [-0.4, -0.2) is 41.3 Å². The van der Waals surface area contributed by atoms with Crippen LogP contribution in [0.5, 0.6) is 0 Å². The molecule has 1 aliphatic heterocycles. The van der Waals surface area contributed by atoms with E-state index in [1.165, 1.54) is 6.07 Å². The summed E-state index contributed by atoms with van der Waals surface area (Å²) in [6, 6.07) is 1.46. The van der Waals surface area contributed by atoms with Crippen molar-refractivity contribution < 1.29 is 9.59 Å². The first kappa shape index (κ1) is 14.2. The van der Waals surface area contributed by atoms with Crippen LogP contribution in [0.2, 0.25) is 10.2 Å². The van der Waals surface area contributed by atoms with E-state index in [1.807, 2.05) is 4.90 Å². The molecule has 104 valence electrons.